The van der Waals surface area contributed by atoms with E-state index < -0.39 is 15.4 Å². The first-order chi connectivity index (χ1) is 15.2. The standard InChI is InChI=1S/C25H26N2O4S/c1-18-11-13-19(14-12-18)32(30,31)26-22-9-5-4-8-21(22)25(15-16-27(2)17-25)24(29)20-7-3-6-10-23(20)28/h3-14,26,28H,15-17H2,1-2H3. The highest BCUT2D eigenvalue weighted by Gasteiger charge is 2.47. The van der Waals surface area contributed by atoms with Gasteiger partial charge in [0, 0.05) is 6.54 Å². The number of ketones is 1. The summed E-state index contributed by atoms with van der Waals surface area (Å²) < 4.78 is 28.9. The fourth-order valence-electron chi connectivity index (χ4n) is 4.36. The number of carbonyl (C=O) groups excluding carboxylic acids is 1. The van der Waals surface area contributed by atoms with Crippen molar-refractivity contribution < 1.29 is 18.3 Å². The molecule has 1 aliphatic heterocycles. The molecule has 4 rings (SSSR count). The molecule has 3 aromatic rings. The van der Waals surface area contributed by atoms with Crippen LogP contribution < -0.4 is 4.72 Å². The van der Waals surface area contributed by atoms with Crippen molar-refractivity contribution in [2.24, 2.45) is 0 Å². The fourth-order valence-corrected chi connectivity index (χ4v) is 5.44. The van der Waals surface area contributed by atoms with E-state index in [1.54, 1.807) is 66.7 Å². The number of aryl methyl sites for hydroxylation is 1. The van der Waals surface area contributed by atoms with E-state index in [1.807, 2.05) is 18.9 Å². The Morgan fingerprint density at radius 1 is 1.00 bits per heavy atom. The van der Waals surface area contributed by atoms with Gasteiger partial charge in [-0.2, -0.15) is 0 Å². The van der Waals surface area contributed by atoms with Gasteiger partial charge in [0.25, 0.3) is 10.0 Å². The molecule has 1 aliphatic rings. The van der Waals surface area contributed by atoms with E-state index in [9.17, 15) is 18.3 Å². The molecule has 0 radical (unpaired) electrons. The summed E-state index contributed by atoms with van der Waals surface area (Å²) in [5.41, 5.74) is 1.19. The smallest absolute Gasteiger partial charge is 0.261 e. The topological polar surface area (TPSA) is 86.7 Å². The van der Waals surface area contributed by atoms with Crippen molar-refractivity contribution in [1.29, 1.82) is 0 Å². The summed E-state index contributed by atoms with van der Waals surface area (Å²) in [6.07, 6.45) is 0.514. The van der Waals surface area contributed by atoms with Crippen LogP contribution in [0, 0.1) is 6.92 Å². The van der Waals surface area contributed by atoms with Gasteiger partial charge in [0.1, 0.15) is 5.75 Å². The minimum absolute atomic E-state index is 0.0795. The Balaban J connectivity index is 1.80. The highest BCUT2D eigenvalue weighted by Crippen LogP contribution is 2.42. The molecule has 1 atom stereocenters. The number of hydrogen-bond acceptors (Lipinski definition) is 5. The van der Waals surface area contributed by atoms with Gasteiger partial charge < -0.3 is 10.0 Å². The number of sulfonamides is 1. The van der Waals surface area contributed by atoms with E-state index in [0.717, 1.165) is 5.56 Å². The zero-order chi connectivity index (χ0) is 22.9. The van der Waals surface area contributed by atoms with Gasteiger partial charge in [0.15, 0.2) is 5.78 Å². The number of likely N-dealkylation sites (tertiary alicyclic amines) is 1. The van der Waals surface area contributed by atoms with Gasteiger partial charge in [-0.1, -0.05) is 48.0 Å². The number of likely N-dealkylation sites (N-methyl/N-ethyl adjacent to an activating group) is 1. The lowest BCUT2D eigenvalue weighted by Gasteiger charge is -2.30. The molecule has 1 heterocycles. The molecule has 2 N–H and O–H groups in total. The molecule has 32 heavy (non-hydrogen) atoms. The highest BCUT2D eigenvalue weighted by atomic mass is 32.2. The van der Waals surface area contributed by atoms with Gasteiger partial charge in [-0.05, 0) is 62.8 Å². The number of rotatable bonds is 6. The number of Topliss-reactive ketones (excluding diaryl/α,β-unsaturated/α-hetero) is 1. The van der Waals surface area contributed by atoms with Crippen LogP contribution in [0.4, 0.5) is 5.69 Å². The van der Waals surface area contributed by atoms with Crippen LogP contribution in [0.25, 0.3) is 0 Å². The van der Waals surface area contributed by atoms with Crippen LogP contribution in [0.5, 0.6) is 5.75 Å². The summed E-state index contributed by atoms with van der Waals surface area (Å²) in [7, 11) is -1.92. The van der Waals surface area contributed by atoms with E-state index in [2.05, 4.69) is 4.72 Å². The molecular formula is C25H26N2O4S. The van der Waals surface area contributed by atoms with Gasteiger partial charge in [-0.3, -0.25) is 9.52 Å². The molecule has 1 saturated heterocycles. The third kappa shape index (κ3) is 4.01. The number of hydrogen-bond donors (Lipinski definition) is 2. The number of aromatic hydroxyl groups is 1. The van der Waals surface area contributed by atoms with E-state index in [1.165, 1.54) is 6.07 Å². The monoisotopic (exact) mass is 450 g/mol. The molecule has 0 amide bonds. The average Bonchev–Trinajstić information content (AvgIpc) is 3.17. The SMILES string of the molecule is Cc1ccc(S(=O)(=O)Nc2ccccc2C2(C(=O)c3ccccc3O)CCN(C)C2)cc1. The number of nitrogens with one attached hydrogen (secondary N) is 1. The molecule has 0 bridgehead atoms. The van der Waals surface area contributed by atoms with Gasteiger partial charge in [-0.25, -0.2) is 8.42 Å². The average molecular weight is 451 g/mol. The third-order valence-corrected chi connectivity index (χ3v) is 7.44. The molecule has 1 fully saturated rings. The third-order valence-electron chi connectivity index (χ3n) is 6.06. The van der Waals surface area contributed by atoms with Crippen LogP contribution in [0.1, 0.15) is 27.9 Å². The van der Waals surface area contributed by atoms with Gasteiger partial charge in [-0.15, -0.1) is 0 Å². The molecule has 0 aliphatic carbocycles. The Morgan fingerprint density at radius 3 is 2.31 bits per heavy atom. The normalized spacial score (nSPS) is 19.1. The zero-order valence-electron chi connectivity index (χ0n) is 18.1. The Morgan fingerprint density at radius 2 is 1.66 bits per heavy atom. The summed E-state index contributed by atoms with van der Waals surface area (Å²) in [5, 5.41) is 10.3. The molecule has 0 saturated carbocycles. The first-order valence-corrected chi connectivity index (χ1v) is 11.9. The Labute approximate surface area is 188 Å². The summed E-state index contributed by atoms with van der Waals surface area (Å²) in [6.45, 7) is 2.99. The molecule has 1 unspecified atom stereocenters. The lowest BCUT2D eigenvalue weighted by molar-refractivity contribution is 0.0886. The summed E-state index contributed by atoms with van der Waals surface area (Å²) in [5.74, 6) is -0.300. The van der Waals surface area contributed by atoms with Crippen LogP contribution in [-0.4, -0.2) is 44.3 Å². The maximum atomic E-state index is 13.8. The number of phenols is 1. The van der Waals surface area contributed by atoms with Crippen molar-refractivity contribution in [3.05, 3.63) is 89.5 Å². The summed E-state index contributed by atoms with van der Waals surface area (Å²) >= 11 is 0. The predicted molar refractivity (Wildman–Crippen MR) is 125 cm³/mol. The highest BCUT2D eigenvalue weighted by molar-refractivity contribution is 7.92. The minimum atomic E-state index is -3.85. The van der Waals surface area contributed by atoms with E-state index in [0.29, 0.717) is 30.8 Å². The molecule has 7 heteroatoms. The number of para-hydroxylation sites is 2. The Bertz CT molecular complexity index is 1250. The second-order valence-corrected chi connectivity index (χ2v) is 10.1. The Hall–Kier alpha value is -3.16. The minimum Gasteiger partial charge on any atom is -0.507 e. The lowest BCUT2D eigenvalue weighted by Crippen LogP contribution is -2.39. The first-order valence-electron chi connectivity index (χ1n) is 10.4. The van der Waals surface area contributed by atoms with E-state index in [-0.39, 0.29) is 22.0 Å². The maximum absolute atomic E-state index is 13.8. The van der Waals surface area contributed by atoms with Crippen LogP contribution in [0.15, 0.2) is 77.7 Å². The van der Waals surface area contributed by atoms with Crippen molar-refractivity contribution in [3.63, 3.8) is 0 Å². The van der Waals surface area contributed by atoms with Crippen molar-refractivity contribution in [2.45, 2.75) is 23.7 Å². The number of anilines is 1. The summed E-state index contributed by atoms with van der Waals surface area (Å²) in [4.78, 5) is 16.0. The zero-order valence-corrected chi connectivity index (χ0v) is 18.9. The van der Waals surface area contributed by atoms with Crippen LogP contribution in [0.2, 0.25) is 0 Å². The predicted octanol–water partition coefficient (Wildman–Crippen LogP) is 3.96. The number of benzene rings is 3. The quantitative estimate of drug-likeness (QED) is 0.555. The lowest BCUT2D eigenvalue weighted by atomic mass is 9.73. The van der Waals surface area contributed by atoms with Crippen LogP contribution in [0.3, 0.4) is 0 Å². The molecule has 6 nitrogen and oxygen atoms in total. The molecule has 0 aromatic heterocycles. The number of nitrogens with zero attached hydrogens (tertiary/aromatic N) is 1. The van der Waals surface area contributed by atoms with Crippen molar-refractivity contribution in [3.8, 4) is 5.75 Å². The fraction of sp³-hybridized carbons (Fsp3) is 0.240. The van der Waals surface area contributed by atoms with Crippen molar-refractivity contribution in [2.75, 3.05) is 24.9 Å². The van der Waals surface area contributed by atoms with Crippen LogP contribution in [-0.2, 0) is 15.4 Å². The Kier molecular flexibility index (Phi) is 5.79. The molecule has 166 valence electrons. The molecule has 0 spiro atoms. The number of phenolic OH excluding ortho intramolecular Hbond substituents is 1. The molecule has 3 aromatic carbocycles. The van der Waals surface area contributed by atoms with E-state index in [4.69, 9.17) is 0 Å². The van der Waals surface area contributed by atoms with Crippen molar-refractivity contribution in [1.82, 2.24) is 4.90 Å². The second-order valence-electron chi connectivity index (χ2n) is 8.38. The van der Waals surface area contributed by atoms with E-state index >= 15 is 0 Å². The summed E-state index contributed by atoms with van der Waals surface area (Å²) in [6, 6.07) is 20.1. The maximum Gasteiger partial charge on any atom is 0.261 e. The second kappa shape index (κ2) is 8.41. The van der Waals surface area contributed by atoms with Gasteiger partial charge >= 0.3 is 0 Å². The van der Waals surface area contributed by atoms with Gasteiger partial charge in [0.05, 0.1) is 21.6 Å². The molecular weight excluding hydrogens is 424 g/mol. The first kappa shape index (κ1) is 22.0. The van der Waals surface area contributed by atoms with Crippen molar-refractivity contribution >= 4 is 21.5 Å². The number of carbonyl (C=O) groups is 1. The van der Waals surface area contributed by atoms with Crippen LogP contribution >= 0.6 is 0 Å². The van der Waals surface area contributed by atoms with Gasteiger partial charge in [0.2, 0.25) is 0 Å². The largest absolute Gasteiger partial charge is 0.507 e.